The SMILES string of the molecule is O=C(Nc1nccs1)c1cc(S(=O)(=O)NC[C@H]2CCCO2)c(Cl)cc1Cl. The number of hydrogen-bond acceptors (Lipinski definition) is 6. The molecule has 7 nitrogen and oxygen atoms in total. The number of anilines is 1. The van der Waals surface area contributed by atoms with Crippen molar-refractivity contribution < 1.29 is 17.9 Å². The first kappa shape index (κ1) is 19.5. The van der Waals surface area contributed by atoms with Gasteiger partial charge in [0.15, 0.2) is 5.13 Å². The average molecular weight is 436 g/mol. The molecule has 1 fully saturated rings. The fourth-order valence-corrected chi connectivity index (χ4v) is 4.89. The highest BCUT2D eigenvalue weighted by Crippen LogP contribution is 2.29. The van der Waals surface area contributed by atoms with Gasteiger partial charge >= 0.3 is 0 Å². The highest BCUT2D eigenvalue weighted by Gasteiger charge is 2.25. The van der Waals surface area contributed by atoms with Crippen LogP contribution in [0.5, 0.6) is 0 Å². The Labute approximate surface area is 164 Å². The molecule has 140 valence electrons. The summed E-state index contributed by atoms with van der Waals surface area (Å²) in [4.78, 5) is 16.1. The van der Waals surface area contributed by atoms with E-state index in [0.29, 0.717) is 11.7 Å². The summed E-state index contributed by atoms with van der Waals surface area (Å²) in [6.45, 7) is 0.761. The molecular formula is C15H15Cl2N3O4S2. The lowest BCUT2D eigenvalue weighted by Crippen LogP contribution is -2.32. The van der Waals surface area contributed by atoms with Gasteiger partial charge in [0.1, 0.15) is 4.90 Å². The molecule has 1 saturated heterocycles. The first-order chi connectivity index (χ1) is 12.4. The lowest BCUT2D eigenvalue weighted by Gasteiger charge is -2.14. The molecule has 1 aliphatic heterocycles. The molecule has 0 radical (unpaired) electrons. The van der Waals surface area contributed by atoms with Gasteiger partial charge in [0.2, 0.25) is 10.0 Å². The smallest absolute Gasteiger partial charge is 0.259 e. The van der Waals surface area contributed by atoms with Crippen molar-refractivity contribution in [1.29, 1.82) is 0 Å². The highest BCUT2D eigenvalue weighted by molar-refractivity contribution is 7.89. The molecule has 2 aromatic rings. The number of benzene rings is 1. The summed E-state index contributed by atoms with van der Waals surface area (Å²) in [7, 11) is -3.93. The van der Waals surface area contributed by atoms with Crippen LogP contribution in [0.4, 0.5) is 5.13 Å². The Morgan fingerprint density at radius 3 is 2.81 bits per heavy atom. The zero-order valence-electron chi connectivity index (χ0n) is 13.4. The number of ether oxygens (including phenoxy) is 1. The zero-order chi connectivity index (χ0) is 18.7. The molecule has 0 spiro atoms. The van der Waals surface area contributed by atoms with Gasteiger partial charge < -0.3 is 4.74 Å². The molecule has 1 amide bonds. The molecule has 0 unspecified atom stereocenters. The molecule has 26 heavy (non-hydrogen) atoms. The third-order valence-electron chi connectivity index (χ3n) is 3.73. The van der Waals surface area contributed by atoms with E-state index in [9.17, 15) is 13.2 Å². The van der Waals surface area contributed by atoms with Crippen LogP contribution in [0.25, 0.3) is 0 Å². The van der Waals surface area contributed by atoms with E-state index in [-0.39, 0.29) is 33.2 Å². The van der Waals surface area contributed by atoms with Crippen LogP contribution in [0, 0.1) is 0 Å². The van der Waals surface area contributed by atoms with Crippen molar-refractivity contribution >= 4 is 55.6 Å². The van der Waals surface area contributed by atoms with E-state index in [4.69, 9.17) is 27.9 Å². The summed E-state index contributed by atoms with van der Waals surface area (Å²) in [6, 6.07) is 2.39. The number of thiazole rings is 1. The second-order valence-electron chi connectivity index (χ2n) is 5.54. The van der Waals surface area contributed by atoms with E-state index in [1.165, 1.54) is 23.6 Å². The predicted octanol–water partition coefficient (Wildman–Crippen LogP) is 3.16. The van der Waals surface area contributed by atoms with E-state index < -0.39 is 15.9 Å². The van der Waals surface area contributed by atoms with Gasteiger partial charge in [-0.25, -0.2) is 18.1 Å². The van der Waals surface area contributed by atoms with Gasteiger partial charge in [-0.3, -0.25) is 10.1 Å². The molecule has 0 saturated carbocycles. The largest absolute Gasteiger partial charge is 0.377 e. The minimum absolute atomic E-state index is 0.0104. The zero-order valence-corrected chi connectivity index (χ0v) is 16.5. The molecule has 1 aromatic carbocycles. The van der Waals surface area contributed by atoms with E-state index in [1.54, 1.807) is 5.38 Å². The van der Waals surface area contributed by atoms with Gasteiger partial charge in [0, 0.05) is 24.7 Å². The Hall–Kier alpha value is -1.23. The maximum Gasteiger partial charge on any atom is 0.259 e. The van der Waals surface area contributed by atoms with Crippen LogP contribution >= 0.6 is 34.5 Å². The van der Waals surface area contributed by atoms with Gasteiger partial charge in [0.05, 0.1) is 21.7 Å². The molecular weight excluding hydrogens is 421 g/mol. The highest BCUT2D eigenvalue weighted by atomic mass is 35.5. The summed E-state index contributed by atoms with van der Waals surface area (Å²) in [5.41, 5.74) is -0.0104. The van der Waals surface area contributed by atoms with Crippen molar-refractivity contribution in [3.63, 3.8) is 0 Å². The van der Waals surface area contributed by atoms with Crippen LogP contribution in [0.3, 0.4) is 0 Å². The van der Waals surface area contributed by atoms with Gasteiger partial charge in [-0.15, -0.1) is 11.3 Å². The standard InChI is InChI=1S/C15H15Cl2N3O4S2/c16-11-7-12(17)13(26(22,23)19-8-9-2-1-4-24-9)6-10(11)14(21)20-15-18-3-5-25-15/h3,5-7,9,19H,1-2,4,8H2,(H,18,20,21)/t9-/m1/s1. The van der Waals surface area contributed by atoms with E-state index in [2.05, 4.69) is 15.0 Å². The van der Waals surface area contributed by atoms with Crippen molar-refractivity contribution in [2.75, 3.05) is 18.5 Å². The fourth-order valence-electron chi connectivity index (χ4n) is 2.44. The first-order valence-electron chi connectivity index (χ1n) is 7.68. The lowest BCUT2D eigenvalue weighted by molar-refractivity contribution is 0.102. The second kappa shape index (κ2) is 8.20. The number of aromatic nitrogens is 1. The number of amides is 1. The van der Waals surface area contributed by atoms with Gasteiger partial charge in [0.25, 0.3) is 5.91 Å². The van der Waals surface area contributed by atoms with Gasteiger partial charge in [-0.05, 0) is 25.0 Å². The number of carbonyl (C=O) groups is 1. The van der Waals surface area contributed by atoms with Crippen LogP contribution in [-0.2, 0) is 14.8 Å². The van der Waals surface area contributed by atoms with Gasteiger partial charge in [-0.2, -0.15) is 0 Å². The Bertz CT molecular complexity index is 898. The van der Waals surface area contributed by atoms with Crippen LogP contribution in [0.2, 0.25) is 10.0 Å². The molecule has 3 rings (SSSR count). The molecule has 1 aliphatic rings. The predicted molar refractivity (Wildman–Crippen MR) is 101 cm³/mol. The van der Waals surface area contributed by atoms with Crippen molar-refractivity contribution in [3.05, 3.63) is 39.3 Å². The summed E-state index contributed by atoms with van der Waals surface area (Å²) in [5.74, 6) is -0.572. The molecule has 1 aromatic heterocycles. The Morgan fingerprint density at radius 1 is 1.35 bits per heavy atom. The van der Waals surface area contributed by atoms with E-state index in [1.807, 2.05) is 0 Å². The number of sulfonamides is 1. The Kier molecular flexibility index (Phi) is 6.16. The third-order valence-corrected chi connectivity index (χ3v) is 6.62. The minimum Gasteiger partial charge on any atom is -0.377 e. The molecule has 2 heterocycles. The quantitative estimate of drug-likeness (QED) is 0.725. The maximum absolute atomic E-state index is 12.6. The topological polar surface area (TPSA) is 97.4 Å². The third kappa shape index (κ3) is 4.54. The van der Waals surface area contributed by atoms with Crippen molar-refractivity contribution in [2.45, 2.75) is 23.8 Å². The summed E-state index contributed by atoms with van der Waals surface area (Å²) in [6.07, 6.45) is 3.06. The molecule has 11 heteroatoms. The molecule has 0 bridgehead atoms. The van der Waals surface area contributed by atoms with Crippen LogP contribution < -0.4 is 10.0 Å². The maximum atomic E-state index is 12.6. The number of nitrogens with zero attached hydrogens (tertiary/aromatic N) is 1. The normalized spacial score (nSPS) is 17.4. The molecule has 2 N–H and O–H groups in total. The van der Waals surface area contributed by atoms with Crippen molar-refractivity contribution in [1.82, 2.24) is 9.71 Å². The number of carbonyl (C=O) groups excluding carboxylic acids is 1. The summed E-state index contributed by atoms with van der Waals surface area (Å²) >= 11 is 13.4. The van der Waals surface area contributed by atoms with Gasteiger partial charge in [-0.1, -0.05) is 23.2 Å². The number of hydrogen-bond donors (Lipinski definition) is 2. The average Bonchev–Trinajstić information content (AvgIpc) is 3.26. The second-order valence-corrected chi connectivity index (χ2v) is 8.99. The van der Waals surface area contributed by atoms with Crippen LogP contribution in [0.1, 0.15) is 23.2 Å². The van der Waals surface area contributed by atoms with Crippen LogP contribution in [0.15, 0.2) is 28.6 Å². The van der Waals surface area contributed by atoms with Crippen LogP contribution in [-0.4, -0.2) is 38.6 Å². The van der Waals surface area contributed by atoms with Crippen molar-refractivity contribution in [2.24, 2.45) is 0 Å². The van der Waals surface area contributed by atoms with E-state index >= 15 is 0 Å². The molecule has 0 aliphatic carbocycles. The van der Waals surface area contributed by atoms with E-state index in [0.717, 1.165) is 18.9 Å². The summed E-state index contributed by atoms with van der Waals surface area (Å²) < 4.78 is 33.0. The summed E-state index contributed by atoms with van der Waals surface area (Å²) in [5, 5.41) is 4.61. The Balaban J connectivity index is 1.83. The number of nitrogens with one attached hydrogen (secondary N) is 2. The Morgan fingerprint density at radius 2 is 2.15 bits per heavy atom. The minimum atomic E-state index is -3.93. The monoisotopic (exact) mass is 435 g/mol. The first-order valence-corrected chi connectivity index (χ1v) is 10.8. The fraction of sp³-hybridized carbons (Fsp3) is 0.333. The lowest BCUT2D eigenvalue weighted by atomic mass is 10.2. The molecule has 1 atom stereocenters. The number of rotatable bonds is 6. The number of halogens is 2. The van der Waals surface area contributed by atoms with Crippen molar-refractivity contribution in [3.8, 4) is 0 Å².